The fraction of sp³-hybridized carbons (Fsp3) is 0.722. The van der Waals surface area contributed by atoms with Crippen LogP contribution < -0.4 is 0 Å². The highest BCUT2D eigenvalue weighted by molar-refractivity contribution is 6.05. The summed E-state index contributed by atoms with van der Waals surface area (Å²) in [5.74, 6) is 0.307. The number of aliphatic hydroxyl groups is 2. The largest absolute Gasteiger partial charge is 0.395 e. The van der Waals surface area contributed by atoms with Gasteiger partial charge in [0.25, 0.3) is 0 Å². The number of hydrogen-bond donors (Lipinski definition) is 2. The fourth-order valence-electron chi connectivity index (χ4n) is 5.24. The van der Waals surface area contributed by atoms with Crippen molar-refractivity contribution in [3.8, 4) is 0 Å². The van der Waals surface area contributed by atoms with E-state index < -0.39 is 11.0 Å². The minimum atomic E-state index is -1.04. The molecule has 3 heteroatoms. The van der Waals surface area contributed by atoms with Gasteiger partial charge in [0, 0.05) is 5.41 Å². The van der Waals surface area contributed by atoms with Crippen LogP contribution in [0.25, 0.3) is 0 Å². The first kappa shape index (κ1) is 15.0. The third kappa shape index (κ3) is 1.97. The van der Waals surface area contributed by atoms with Gasteiger partial charge >= 0.3 is 0 Å². The van der Waals surface area contributed by atoms with Crippen LogP contribution in [0.2, 0.25) is 0 Å². The molecule has 0 heterocycles. The van der Waals surface area contributed by atoms with Crippen LogP contribution in [0.15, 0.2) is 23.3 Å². The van der Waals surface area contributed by atoms with E-state index in [2.05, 4.69) is 13.8 Å². The molecular formula is C18H26O3. The second kappa shape index (κ2) is 4.53. The SMILES string of the molecule is CC1=C[C@@]2(O)CC[C@H]3C(C)(C)CCC[C@]3(CO)C2=CC1=O. The lowest BCUT2D eigenvalue weighted by Crippen LogP contribution is -2.57. The van der Waals surface area contributed by atoms with E-state index in [1.54, 1.807) is 19.1 Å². The molecule has 2 N–H and O–H groups in total. The molecule has 3 aliphatic rings. The van der Waals surface area contributed by atoms with Crippen LogP contribution in [0.1, 0.15) is 52.9 Å². The highest BCUT2D eigenvalue weighted by Gasteiger charge is 2.58. The lowest BCUT2D eigenvalue weighted by Gasteiger charge is -2.59. The van der Waals surface area contributed by atoms with Crippen molar-refractivity contribution in [2.45, 2.75) is 58.5 Å². The number of carbonyl (C=O) groups excluding carboxylic acids is 1. The van der Waals surface area contributed by atoms with E-state index in [1.807, 2.05) is 0 Å². The van der Waals surface area contributed by atoms with Crippen molar-refractivity contribution in [1.29, 1.82) is 0 Å². The summed E-state index contributed by atoms with van der Waals surface area (Å²) in [4.78, 5) is 12.1. The van der Waals surface area contributed by atoms with E-state index in [-0.39, 0.29) is 17.8 Å². The van der Waals surface area contributed by atoms with Crippen molar-refractivity contribution in [2.24, 2.45) is 16.7 Å². The van der Waals surface area contributed by atoms with Gasteiger partial charge in [-0.1, -0.05) is 20.3 Å². The summed E-state index contributed by atoms with van der Waals surface area (Å²) in [5, 5.41) is 21.3. The zero-order chi connectivity index (χ0) is 15.5. The smallest absolute Gasteiger partial charge is 0.181 e. The van der Waals surface area contributed by atoms with Crippen LogP contribution >= 0.6 is 0 Å². The average molecular weight is 290 g/mol. The lowest BCUT2D eigenvalue weighted by atomic mass is 9.46. The predicted octanol–water partition coefficient (Wildman–Crippen LogP) is 2.77. The molecule has 0 aromatic heterocycles. The van der Waals surface area contributed by atoms with Gasteiger partial charge in [0.2, 0.25) is 0 Å². The van der Waals surface area contributed by atoms with E-state index >= 15 is 0 Å². The van der Waals surface area contributed by atoms with Crippen molar-refractivity contribution in [1.82, 2.24) is 0 Å². The Bertz CT molecular complexity index is 543. The normalized spacial score (nSPS) is 41.8. The predicted molar refractivity (Wildman–Crippen MR) is 81.7 cm³/mol. The highest BCUT2D eigenvalue weighted by atomic mass is 16.3. The van der Waals surface area contributed by atoms with E-state index in [1.165, 1.54) is 0 Å². The topological polar surface area (TPSA) is 57.5 Å². The first-order chi connectivity index (χ1) is 9.75. The van der Waals surface area contributed by atoms with Crippen molar-refractivity contribution >= 4 is 5.78 Å². The van der Waals surface area contributed by atoms with Crippen LogP contribution in [-0.2, 0) is 4.79 Å². The molecule has 3 aliphatic carbocycles. The summed E-state index contributed by atoms with van der Waals surface area (Å²) in [5.41, 5.74) is 0.0641. The Morgan fingerprint density at radius 3 is 2.67 bits per heavy atom. The average Bonchev–Trinajstić information content (AvgIpc) is 2.40. The number of carbonyl (C=O) groups is 1. The standard InChI is InChI=1S/C18H26O3/c1-12-10-18(21)8-5-14-16(2,3)6-4-7-17(14,11-19)15(18)9-13(12)20/h9-10,14,19,21H,4-8,11H2,1-3H3/t14-,17+,18-/m0/s1. The van der Waals surface area contributed by atoms with Gasteiger partial charge < -0.3 is 10.2 Å². The Balaban J connectivity index is 2.14. The van der Waals surface area contributed by atoms with Crippen molar-refractivity contribution in [3.05, 3.63) is 23.3 Å². The summed E-state index contributed by atoms with van der Waals surface area (Å²) < 4.78 is 0. The molecule has 0 radical (unpaired) electrons. The molecule has 0 unspecified atom stereocenters. The maximum Gasteiger partial charge on any atom is 0.181 e. The van der Waals surface area contributed by atoms with E-state index in [4.69, 9.17) is 0 Å². The maximum atomic E-state index is 12.1. The third-order valence-electron chi connectivity index (χ3n) is 6.27. The Kier molecular flexibility index (Phi) is 3.23. The van der Waals surface area contributed by atoms with Gasteiger partial charge in [0.05, 0.1) is 6.61 Å². The quantitative estimate of drug-likeness (QED) is 0.780. The zero-order valence-corrected chi connectivity index (χ0v) is 13.3. The zero-order valence-electron chi connectivity index (χ0n) is 13.3. The van der Waals surface area contributed by atoms with Crippen LogP contribution in [0.4, 0.5) is 0 Å². The molecule has 116 valence electrons. The summed E-state index contributed by atoms with van der Waals surface area (Å²) in [6.07, 6.45) is 7.95. The van der Waals surface area contributed by atoms with E-state index in [9.17, 15) is 15.0 Å². The molecule has 3 nitrogen and oxygen atoms in total. The van der Waals surface area contributed by atoms with Crippen molar-refractivity contribution in [2.75, 3.05) is 6.61 Å². The van der Waals surface area contributed by atoms with Gasteiger partial charge in [0.1, 0.15) is 5.60 Å². The molecule has 0 saturated heterocycles. The van der Waals surface area contributed by atoms with Crippen molar-refractivity contribution < 1.29 is 15.0 Å². The molecule has 0 aromatic rings. The number of rotatable bonds is 1. The minimum absolute atomic E-state index is 0.0217. The highest BCUT2D eigenvalue weighted by Crippen LogP contribution is 2.62. The molecule has 0 aromatic carbocycles. The van der Waals surface area contributed by atoms with Crippen LogP contribution in [0.3, 0.4) is 0 Å². The molecule has 2 saturated carbocycles. The molecule has 0 spiro atoms. The minimum Gasteiger partial charge on any atom is -0.395 e. The summed E-state index contributed by atoms with van der Waals surface area (Å²) in [7, 11) is 0. The fourth-order valence-corrected chi connectivity index (χ4v) is 5.24. The van der Waals surface area contributed by atoms with Crippen molar-refractivity contribution in [3.63, 3.8) is 0 Å². The number of aliphatic hydroxyl groups excluding tert-OH is 1. The van der Waals surface area contributed by atoms with Gasteiger partial charge in [-0.05, 0) is 67.2 Å². The van der Waals surface area contributed by atoms with Gasteiger partial charge in [-0.25, -0.2) is 0 Å². The summed E-state index contributed by atoms with van der Waals surface area (Å²) in [6.45, 7) is 6.31. The molecule has 0 amide bonds. The third-order valence-corrected chi connectivity index (χ3v) is 6.27. The second-order valence-electron chi connectivity index (χ2n) is 7.92. The molecular weight excluding hydrogens is 264 g/mol. The summed E-state index contributed by atoms with van der Waals surface area (Å²) >= 11 is 0. The molecule has 2 fully saturated rings. The lowest BCUT2D eigenvalue weighted by molar-refractivity contribution is -0.114. The maximum absolute atomic E-state index is 12.1. The first-order valence-corrected chi connectivity index (χ1v) is 8.05. The molecule has 0 aliphatic heterocycles. The van der Waals surface area contributed by atoms with Crippen LogP contribution in [0, 0.1) is 16.7 Å². The number of hydrogen-bond acceptors (Lipinski definition) is 3. The molecule has 21 heavy (non-hydrogen) atoms. The van der Waals surface area contributed by atoms with Crippen LogP contribution in [-0.4, -0.2) is 28.2 Å². The molecule has 3 rings (SSSR count). The monoisotopic (exact) mass is 290 g/mol. The van der Waals surface area contributed by atoms with E-state index in [0.717, 1.165) is 31.3 Å². The first-order valence-electron chi connectivity index (χ1n) is 8.05. The summed E-state index contributed by atoms with van der Waals surface area (Å²) in [6, 6.07) is 0. The number of ketones is 1. The second-order valence-corrected chi connectivity index (χ2v) is 7.92. The number of fused-ring (bicyclic) bond motifs is 3. The molecule has 0 bridgehead atoms. The van der Waals surface area contributed by atoms with Gasteiger partial charge in [0.15, 0.2) is 5.78 Å². The number of allylic oxidation sites excluding steroid dienone is 2. The Morgan fingerprint density at radius 1 is 1.29 bits per heavy atom. The Morgan fingerprint density at radius 2 is 2.00 bits per heavy atom. The molecule has 3 atom stereocenters. The van der Waals surface area contributed by atoms with Gasteiger partial charge in [-0.3, -0.25) is 4.79 Å². The van der Waals surface area contributed by atoms with E-state index in [0.29, 0.717) is 17.9 Å². The Hall–Kier alpha value is -0.930. The Labute approximate surface area is 126 Å². The van der Waals surface area contributed by atoms with Gasteiger partial charge in [-0.2, -0.15) is 0 Å². The van der Waals surface area contributed by atoms with Crippen LogP contribution in [0.5, 0.6) is 0 Å². The van der Waals surface area contributed by atoms with Gasteiger partial charge in [-0.15, -0.1) is 0 Å².